The minimum Gasteiger partial charge on any atom is -0.465 e. The van der Waals surface area contributed by atoms with Crippen molar-refractivity contribution in [2.24, 2.45) is 5.92 Å². The minimum atomic E-state index is -0.213. The van der Waals surface area contributed by atoms with Crippen molar-refractivity contribution < 1.29 is 9.53 Å². The molecule has 1 saturated heterocycles. The second-order valence-electron chi connectivity index (χ2n) is 2.95. The van der Waals surface area contributed by atoms with E-state index in [1.54, 1.807) is 6.92 Å². The molecule has 0 bridgehead atoms. The molecule has 4 heteroatoms. The van der Waals surface area contributed by atoms with Crippen LogP contribution in [0.4, 0.5) is 0 Å². The van der Waals surface area contributed by atoms with Crippen LogP contribution in [0.15, 0.2) is 0 Å². The maximum Gasteiger partial charge on any atom is 0.315 e. The van der Waals surface area contributed by atoms with Crippen LogP contribution in [0.2, 0.25) is 0 Å². The summed E-state index contributed by atoms with van der Waals surface area (Å²) in [4.78, 5) is 11.9. The molecule has 1 rings (SSSR count). The van der Waals surface area contributed by atoms with E-state index in [0.717, 1.165) is 6.42 Å². The van der Waals surface area contributed by atoms with Gasteiger partial charge in [-0.1, -0.05) is 12.2 Å². The van der Waals surface area contributed by atoms with Gasteiger partial charge >= 0.3 is 5.97 Å². The van der Waals surface area contributed by atoms with E-state index in [1.165, 1.54) is 0 Å². The third-order valence-electron chi connectivity index (χ3n) is 1.87. The summed E-state index contributed by atoms with van der Waals surface area (Å²) in [5, 5.41) is 3.04. The molecule has 0 aliphatic carbocycles. The average Bonchev–Trinajstić information content (AvgIpc) is 2.30. The normalized spacial score (nSPS) is 28.3. The van der Waals surface area contributed by atoms with Gasteiger partial charge in [0.25, 0.3) is 0 Å². The van der Waals surface area contributed by atoms with Gasteiger partial charge in [-0.05, 0) is 20.3 Å². The van der Waals surface area contributed by atoms with E-state index in [4.69, 9.17) is 17.0 Å². The molecule has 1 aliphatic rings. The third kappa shape index (κ3) is 1.94. The van der Waals surface area contributed by atoms with Gasteiger partial charge in [-0.25, -0.2) is 0 Å². The van der Waals surface area contributed by atoms with Gasteiger partial charge in [0, 0.05) is 6.04 Å². The predicted molar refractivity (Wildman–Crippen MR) is 49.9 cm³/mol. The van der Waals surface area contributed by atoms with Crippen LogP contribution in [0.3, 0.4) is 0 Å². The summed E-state index contributed by atoms with van der Waals surface area (Å²) >= 11 is 5.00. The first-order valence-corrected chi connectivity index (χ1v) is 4.53. The highest BCUT2D eigenvalue weighted by Crippen LogP contribution is 2.17. The van der Waals surface area contributed by atoms with Crippen molar-refractivity contribution in [3.8, 4) is 0 Å². The van der Waals surface area contributed by atoms with E-state index >= 15 is 0 Å². The van der Waals surface area contributed by atoms with Crippen LogP contribution in [-0.2, 0) is 9.53 Å². The fraction of sp³-hybridized carbons (Fsp3) is 0.750. The van der Waals surface area contributed by atoms with Crippen molar-refractivity contribution in [3.63, 3.8) is 0 Å². The zero-order valence-electron chi connectivity index (χ0n) is 7.29. The van der Waals surface area contributed by atoms with Crippen LogP contribution in [0.5, 0.6) is 0 Å². The largest absolute Gasteiger partial charge is 0.465 e. The van der Waals surface area contributed by atoms with Crippen LogP contribution in [0, 0.1) is 5.92 Å². The Hall–Kier alpha value is -0.640. The van der Waals surface area contributed by atoms with Crippen molar-refractivity contribution in [3.05, 3.63) is 0 Å². The maximum atomic E-state index is 11.3. The zero-order valence-corrected chi connectivity index (χ0v) is 8.11. The number of nitrogens with one attached hydrogen (secondary N) is 1. The van der Waals surface area contributed by atoms with E-state index in [9.17, 15) is 4.79 Å². The van der Waals surface area contributed by atoms with E-state index in [0.29, 0.717) is 17.6 Å². The molecule has 0 aromatic rings. The first-order valence-electron chi connectivity index (χ1n) is 4.12. The molecule has 0 spiro atoms. The Bertz CT molecular complexity index is 205. The Morgan fingerprint density at radius 2 is 2.50 bits per heavy atom. The highest BCUT2D eigenvalue weighted by Gasteiger charge is 2.32. The van der Waals surface area contributed by atoms with Gasteiger partial charge in [0.1, 0.15) is 5.92 Å². The molecular formula is C8H13NO2S. The molecule has 3 nitrogen and oxygen atoms in total. The SMILES string of the molecule is CCOC(=O)C1CC(C)NC1=S. The lowest BCUT2D eigenvalue weighted by atomic mass is 10.1. The Balaban J connectivity index is 2.52. The maximum absolute atomic E-state index is 11.3. The molecule has 0 saturated carbocycles. The van der Waals surface area contributed by atoms with Crippen LogP contribution in [-0.4, -0.2) is 23.6 Å². The second-order valence-corrected chi connectivity index (χ2v) is 3.39. The van der Waals surface area contributed by atoms with Gasteiger partial charge in [-0.2, -0.15) is 0 Å². The summed E-state index contributed by atoms with van der Waals surface area (Å²) < 4.78 is 4.88. The molecule has 1 heterocycles. The summed E-state index contributed by atoms with van der Waals surface area (Å²) in [5.41, 5.74) is 0. The van der Waals surface area contributed by atoms with Crippen molar-refractivity contribution in [2.45, 2.75) is 26.3 Å². The molecular weight excluding hydrogens is 174 g/mol. The number of thiocarbonyl (C=S) groups is 1. The molecule has 2 atom stereocenters. The van der Waals surface area contributed by atoms with Gasteiger partial charge in [-0.15, -0.1) is 0 Å². The Labute approximate surface area is 77.5 Å². The van der Waals surface area contributed by atoms with Gasteiger partial charge in [-0.3, -0.25) is 4.79 Å². The van der Waals surface area contributed by atoms with Crippen molar-refractivity contribution in [1.29, 1.82) is 0 Å². The lowest BCUT2D eigenvalue weighted by molar-refractivity contribution is -0.145. The lowest BCUT2D eigenvalue weighted by Gasteiger charge is -2.06. The molecule has 0 amide bonds. The minimum absolute atomic E-state index is 0.195. The van der Waals surface area contributed by atoms with Crippen molar-refractivity contribution in [1.82, 2.24) is 5.32 Å². The molecule has 0 aromatic carbocycles. The van der Waals surface area contributed by atoms with Crippen LogP contribution < -0.4 is 5.32 Å². The van der Waals surface area contributed by atoms with E-state index in [-0.39, 0.29) is 11.9 Å². The second kappa shape index (κ2) is 3.85. The Morgan fingerprint density at radius 1 is 1.83 bits per heavy atom. The standard InChI is InChI=1S/C8H13NO2S/c1-3-11-8(10)6-4-5(2)9-7(6)12/h5-6H,3-4H2,1-2H3,(H,9,12). The summed E-state index contributed by atoms with van der Waals surface area (Å²) in [6, 6.07) is 0.298. The number of hydrogen-bond acceptors (Lipinski definition) is 3. The van der Waals surface area contributed by atoms with Crippen molar-refractivity contribution in [2.75, 3.05) is 6.61 Å². The van der Waals surface area contributed by atoms with Crippen LogP contribution in [0.25, 0.3) is 0 Å². The number of rotatable bonds is 2. The zero-order chi connectivity index (χ0) is 9.14. The van der Waals surface area contributed by atoms with E-state index in [1.807, 2.05) is 6.92 Å². The first kappa shape index (κ1) is 9.45. The lowest BCUT2D eigenvalue weighted by Crippen LogP contribution is -2.26. The Morgan fingerprint density at radius 3 is 2.92 bits per heavy atom. The fourth-order valence-corrected chi connectivity index (χ4v) is 1.70. The number of carbonyl (C=O) groups excluding carboxylic acids is 1. The highest BCUT2D eigenvalue weighted by atomic mass is 32.1. The van der Waals surface area contributed by atoms with Gasteiger partial charge in [0.15, 0.2) is 0 Å². The van der Waals surface area contributed by atoms with Crippen LogP contribution in [0.1, 0.15) is 20.3 Å². The monoisotopic (exact) mass is 187 g/mol. The number of ether oxygens (including phenoxy) is 1. The van der Waals surface area contributed by atoms with E-state index in [2.05, 4.69) is 5.32 Å². The summed E-state index contributed by atoms with van der Waals surface area (Å²) in [7, 11) is 0. The molecule has 12 heavy (non-hydrogen) atoms. The summed E-state index contributed by atoms with van der Waals surface area (Å²) in [6.07, 6.45) is 0.762. The summed E-state index contributed by atoms with van der Waals surface area (Å²) in [5.74, 6) is -0.408. The molecule has 68 valence electrons. The molecule has 2 unspecified atom stereocenters. The van der Waals surface area contributed by atoms with E-state index < -0.39 is 0 Å². The third-order valence-corrected chi connectivity index (χ3v) is 2.27. The quantitative estimate of drug-likeness (QED) is 0.514. The molecule has 1 aliphatic heterocycles. The van der Waals surface area contributed by atoms with Crippen molar-refractivity contribution >= 4 is 23.2 Å². The number of carbonyl (C=O) groups is 1. The summed E-state index contributed by atoms with van der Waals surface area (Å²) in [6.45, 7) is 4.23. The fourth-order valence-electron chi connectivity index (χ4n) is 1.31. The predicted octanol–water partition coefficient (Wildman–Crippen LogP) is 0.875. The van der Waals surface area contributed by atoms with Gasteiger partial charge < -0.3 is 10.1 Å². The molecule has 1 fully saturated rings. The Kier molecular flexibility index (Phi) is 3.03. The molecule has 0 aromatic heterocycles. The van der Waals surface area contributed by atoms with Crippen LogP contribution >= 0.6 is 12.2 Å². The first-order chi connectivity index (χ1) is 5.65. The molecule has 1 N–H and O–H groups in total. The highest BCUT2D eigenvalue weighted by molar-refractivity contribution is 7.80. The topological polar surface area (TPSA) is 38.3 Å². The van der Waals surface area contributed by atoms with Gasteiger partial charge in [0.05, 0.1) is 11.6 Å². The number of esters is 1. The number of hydrogen-bond donors (Lipinski definition) is 1. The smallest absolute Gasteiger partial charge is 0.315 e. The molecule has 0 radical (unpaired) electrons. The van der Waals surface area contributed by atoms with Gasteiger partial charge in [0.2, 0.25) is 0 Å². The average molecular weight is 187 g/mol.